The SMILES string of the molecule is O=C1C=C(CC2CCCCC2)NC2=CC=N[NH+]12. The molecule has 4 nitrogen and oxygen atoms in total. The molecular weight excluding hydrogens is 214 g/mol. The van der Waals surface area contributed by atoms with Crippen LogP contribution in [0.25, 0.3) is 0 Å². The number of amides is 1. The Kier molecular flexibility index (Phi) is 2.81. The van der Waals surface area contributed by atoms with Gasteiger partial charge in [-0.1, -0.05) is 42.2 Å². The summed E-state index contributed by atoms with van der Waals surface area (Å²) < 4.78 is 0. The van der Waals surface area contributed by atoms with E-state index in [1.54, 1.807) is 12.3 Å². The number of carbonyl (C=O) groups is 1. The average Bonchev–Trinajstić information content (AvgIpc) is 2.79. The number of carbonyl (C=O) groups excluding carboxylic acids is 1. The van der Waals surface area contributed by atoms with Crippen molar-refractivity contribution in [1.29, 1.82) is 0 Å². The number of hydrogen-bond acceptors (Lipinski definition) is 3. The quantitative estimate of drug-likeness (QED) is 0.736. The molecule has 4 heteroatoms. The second-order valence-electron chi connectivity index (χ2n) is 5.07. The highest BCUT2D eigenvalue weighted by molar-refractivity contribution is 5.85. The van der Waals surface area contributed by atoms with E-state index in [9.17, 15) is 4.79 Å². The largest absolute Gasteiger partial charge is 0.371 e. The van der Waals surface area contributed by atoms with E-state index < -0.39 is 0 Å². The molecule has 0 aromatic carbocycles. The molecule has 2 N–H and O–H groups in total. The Hall–Kier alpha value is -1.42. The number of allylic oxidation sites excluding steroid dienone is 2. The summed E-state index contributed by atoms with van der Waals surface area (Å²) in [5, 5.41) is 7.96. The van der Waals surface area contributed by atoms with Crippen LogP contribution in [0.5, 0.6) is 0 Å². The molecule has 17 heavy (non-hydrogen) atoms. The normalized spacial score (nSPS) is 28.5. The van der Waals surface area contributed by atoms with Crippen molar-refractivity contribution in [3.05, 3.63) is 23.7 Å². The van der Waals surface area contributed by atoms with Crippen LogP contribution in [0.4, 0.5) is 0 Å². The van der Waals surface area contributed by atoms with Crippen molar-refractivity contribution in [2.75, 3.05) is 0 Å². The van der Waals surface area contributed by atoms with Crippen LogP contribution in [0.1, 0.15) is 38.5 Å². The molecule has 0 spiro atoms. The van der Waals surface area contributed by atoms with Gasteiger partial charge < -0.3 is 5.32 Å². The Balaban J connectivity index is 1.68. The third kappa shape index (κ3) is 2.17. The van der Waals surface area contributed by atoms with Crippen LogP contribution in [-0.2, 0) is 4.79 Å². The number of nitrogens with zero attached hydrogens (tertiary/aromatic N) is 1. The van der Waals surface area contributed by atoms with Crippen molar-refractivity contribution in [3.8, 4) is 0 Å². The number of hydrogen-bond donors (Lipinski definition) is 2. The molecule has 1 fully saturated rings. The zero-order valence-corrected chi connectivity index (χ0v) is 9.91. The van der Waals surface area contributed by atoms with E-state index >= 15 is 0 Å². The maximum absolute atomic E-state index is 11.8. The van der Waals surface area contributed by atoms with Crippen molar-refractivity contribution >= 4 is 12.1 Å². The topological polar surface area (TPSA) is 45.9 Å². The molecule has 0 saturated heterocycles. The first-order valence-electron chi connectivity index (χ1n) is 6.46. The highest BCUT2D eigenvalue weighted by Crippen LogP contribution is 2.28. The van der Waals surface area contributed by atoms with Gasteiger partial charge in [0.15, 0.2) is 0 Å². The second kappa shape index (κ2) is 4.45. The summed E-state index contributed by atoms with van der Waals surface area (Å²) in [5.74, 6) is 1.68. The average molecular weight is 232 g/mol. The second-order valence-corrected chi connectivity index (χ2v) is 5.07. The summed E-state index contributed by atoms with van der Waals surface area (Å²) in [7, 11) is 0. The van der Waals surface area contributed by atoms with Crippen molar-refractivity contribution in [1.82, 2.24) is 5.32 Å². The van der Waals surface area contributed by atoms with Gasteiger partial charge in [0.1, 0.15) is 0 Å². The van der Waals surface area contributed by atoms with E-state index in [4.69, 9.17) is 0 Å². The minimum Gasteiger partial charge on any atom is -0.312 e. The monoisotopic (exact) mass is 232 g/mol. The van der Waals surface area contributed by atoms with Crippen LogP contribution in [0.2, 0.25) is 0 Å². The van der Waals surface area contributed by atoms with Crippen LogP contribution in [0, 0.1) is 5.92 Å². The first-order chi connectivity index (χ1) is 8.33. The fraction of sp³-hybridized carbons (Fsp3) is 0.538. The highest BCUT2D eigenvalue weighted by Gasteiger charge is 2.32. The molecule has 1 saturated carbocycles. The molecule has 0 bridgehead atoms. The lowest BCUT2D eigenvalue weighted by molar-refractivity contribution is -0.784. The van der Waals surface area contributed by atoms with Gasteiger partial charge in [0.05, 0.1) is 12.3 Å². The third-order valence-corrected chi connectivity index (χ3v) is 3.77. The number of rotatable bonds is 2. The van der Waals surface area contributed by atoms with Gasteiger partial charge in [-0.15, -0.1) is 0 Å². The fourth-order valence-electron chi connectivity index (χ4n) is 2.88. The molecule has 1 aliphatic carbocycles. The molecule has 1 unspecified atom stereocenters. The Morgan fingerprint density at radius 2 is 2.18 bits per heavy atom. The van der Waals surface area contributed by atoms with Gasteiger partial charge in [0, 0.05) is 11.8 Å². The molecule has 90 valence electrons. The van der Waals surface area contributed by atoms with E-state index in [1.165, 1.54) is 32.1 Å². The molecule has 3 aliphatic rings. The van der Waals surface area contributed by atoms with Crippen molar-refractivity contribution in [2.24, 2.45) is 11.0 Å². The van der Waals surface area contributed by atoms with E-state index in [0.717, 1.165) is 23.9 Å². The first kappa shape index (κ1) is 10.7. The van der Waals surface area contributed by atoms with Crippen molar-refractivity contribution in [2.45, 2.75) is 38.5 Å². The van der Waals surface area contributed by atoms with Gasteiger partial charge in [-0.05, 0) is 12.3 Å². The maximum Gasteiger partial charge on any atom is 0.371 e. The summed E-state index contributed by atoms with van der Waals surface area (Å²) >= 11 is 0. The highest BCUT2D eigenvalue weighted by atomic mass is 16.2. The maximum atomic E-state index is 11.8. The van der Waals surface area contributed by atoms with Gasteiger partial charge in [-0.2, -0.15) is 0 Å². The van der Waals surface area contributed by atoms with Crippen molar-refractivity contribution < 1.29 is 9.80 Å². The number of quaternary nitrogens is 1. The smallest absolute Gasteiger partial charge is 0.312 e. The molecule has 0 radical (unpaired) electrons. The van der Waals surface area contributed by atoms with Gasteiger partial charge in [-0.3, -0.25) is 0 Å². The van der Waals surface area contributed by atoms with Gasteiger partial charge in [0.25, 0.3) is 0 Å². The van der Waals surface area contributed by atoms with Crippen LogP contribution >= 0.6 is 0 Å². The molecular formula is C13H18N3O+. The summed E-state index contributed by atoms with van der Waals surface area (Å²) in [5.41, 5.74) is 1.07. The lowest BCUT2D eigenvalue weighted by Crippen LogP contribution is -3.09. The van der Waals surface area contributed by atoms with Crippen LogP contribution in [0.15, 0.2) is 28.8 Å². The summed E-state index contributed by atoms with van der Waals surface area (Å²) in [6, 6.07) is 0. The summed E-state index contributed by atoms with van der Waals surface area (Å²) in [6.07, 6.45) is 13.0. The molecule has 1 atom stereocenters. The number of fused-ring (bicyclic) bond motifs is 1. The van der Waals surface area contributed by atoms with Crippen LogP contribution in [0.3, 0.4) is 0 Å². The number of nitrogens with one attached hydrogen (secondary N) is 2. The summed E-state index contributed by atoms with van der Waals surface area (Å²) in [4.78, 5) is 11.8. The lowest BCUT2D eigenvalue weighted by Gasteiger charge is -2.25. The van der Waals surface area contributed by atoms with Crippen molar-refractivity contribution in [3.63, 3.8) is 0 Å². The van der Waals surface area contributed by atoms with E-state index in [2.05, 4.69) is 10.4 Å². The zero-order valence-electron chi connectivity index (χ0n) is 9.91. The third-order valence-electron chi connectivity index (χ3n) is 3.77. The Morgan fingerprint density at radius 1 is 1.35 bits per heavy atom. The van der Waals surface area contributed by atoms with Gasteiger partial charge in [-0.25, -0.2) is 4.79 Å². The Bertz CT molecular complexity index is 416. The Morgan fingerprint density at radius 3 is 3.00 bits per heavy atom. The Labute approximate surface area is 101 Å². The summed E-state index contributed by atoms with van der Waals surface area (Å²) in [6.45, 7) is 0. The van der Waals surface area contributed by atoms with E-state index in [1.807, 2.05) is 6.08 Å². The predicted molar refractivity (Wildman–Crippen MR) is 65.0 cm³/mol. The molecule has 2 aliphatic heterocycles. The van der Waals surface area contributed by atoms with Gasteiger partial charge >= 0.3 is 5.91 Å². The molecule has 0 aromatic heterocycles. The minimum absolute atomic E-state index is 0.0505. The fourth-order valence-corrected chi connectivity index (χ4v) is 2.88. The van der Waals surface area contributed by atoms with Gasteiger partial charge in [0.2, 0.25) is 5.82 Å². The van der Waals surface area contributed by atoms with Crippen LogP contribution in [-0.4, -0.2) is 12.1 Å². The predicted octanol–water partition coefficient (Wildman–Crippen LogP) is 0.696. The molecule has 0 aromatic rings. The van der Waals surface area contributed by atoms with E-state index in [-0.39, 0.29) is 5.91 Å². The molecule has 2 heterocycles. The van der Waals surface area contributed by atoms with Crippen LogP contribution < -0.4 is 10.3 Å². The lowest BCUT2D eigenvalue weighted by atomic mass is 9.86. The molecule has 3 rings (SSSR count). The molecule has 1 amide bonds. The minimum atomic E-state index is 0.0505. The zero-order chi connectivity index (χ0) is 11.7. The van der Waals surface area contributed by atoms with E-state index in [0.29, 0.717) is 5.01 Å². The standard InChI is InChI=1S/C13H17N3O/c17-13-9-11(8-10-4-2-1-3-5-10)15-12-6-7-14-16(12)13/h6-7,9-10,15H,1-5,8H2/p+1. The first-order valence-corrected chi connectivity index (χ1v) is 6.46.